The Balaban J connectivity index is 1.73. The number of fused-ring (bicyclic) bond motifs is 1. The van der Waals surface area contributed by atoms with Crippen molar-refractivity contribution in [2.24, 2.45) is 0 Å². The smallest absolute Gasteiger partial charge is 0.408 e. The highest BCUT2D eigenvalue weighted by Crippen LogP contribution is 2.34. The van der Waals surface area contributed by atoms with Gasteiger partial charge in [0.15, 0.2) is 0 Å². The quantitative estimate of drug-likeness (QED) is 0.188. The number of hydrogen-bond donors (Lipinski definition) is 4. The maximum Gasteiger partial charge on any atom is 0.408 e. The third-order valence-corrected chi connectivity index (χ3v) is 5.64. The summed E-state index contributed by atoms with van der Waals surface area (Å²) in [4.78, 5) is 44.8. The number of carbonyl (C=O) groups excluding carboxylic acids is 3. The first-order chi connectivity index (χ1) is 18.9. The van der Waals surface area contributed by atoms with E-state index in [1.807, 2.05) is 0 Å². The molecule has 13 heteroatoms. The average molecular weight is 617 g/mol. The number of nitrogens with zero attached hydrogens (tertiary/aromatic N) is 2. The van der Waals surface area contributed by atoms with Crippen molar-refractivity contribution in [1.82, 2.24) is 20.6 Å². The van der Waals surface area contributed by atoms with Crippen molar-refractivity contribution >= 4 is 61.9 Å². The number of alkyl carbamates (subject to hydrolysis) is 1. The molecule has 0 saturated heterocycles. The molecule has 0 aliphatic heterocycles. The minimum Gasteiger partial charge on any atom is -0.489 e. The summed E-state index contributed by atoms with van der Waals surface area (Å²) >= 11 is 3.23. The van der Waals surface area contributed by atoms with Crippen LogP contribution in [0.2, 0.25) is 0 Å². The zero-order chi connectivity index (χ0) is 29.4. The lowest BCUT2D eigenvalue weighted by atomic mass is 10.1. The zero-order valence-electron chi connectivity index (χ0n) is 22.4. The van der Waals surface area contributed by atoms with E-state index in [0.717, 1.165) is 6.08 Å². The number of hydrogen-bond acceptors (Lipinski definition) is 8. The van der Waals surface area contributed by atoms with Crippen molar-refractivity contribution in [2.75, 3.05) is 23.8 Å². The third-order valence-electron chi connectivity index (χ3n) is 5.15. The molecule has 0 spiro atoms. The van der Waals surface area contributed by atoms with Crippen LogP contribution in [0.1, 0.15) is 27.7 Å². The highest BCUT2D eigenvalue weighted by Gasteiger charge is 2.21. The summed E-state index contributed by atoms with van der Waals surface area (Å²) in [7, 11) is 0. The van der Waals surface area contributed by atoms with Gasteiger partial charge in [-0.25, -0.2) is 19.2 Å². The van der Waals surface area contributed by atoms with E-state index in [2.05, 4.69) is 53.7 Å². The van der Waals surface area contributed by atoms with Gasteiger partial charge in [0.05, 0.1) is 23.4 Å². The number of anilines is 3. The van der Waals surface area contributed by atoms with Crippen LogP contribution in [0.5, 0.6) is 5.75 Å². The number of halogens is 2. The van der Waals surface area contributed by atoms with Crippen molar-refractivity contribution < 1.29 is 28.2 Å². The molecule has 0 saturated carbocycles. The molecule has 1 atom stereocenters. The lowest BCUT2D eigenvalue weighted by Gasteiger charge is -2.21. The van der Waals surface area contributed by atoms with E-state index >= 15 is 0 Å². The van der Waals surface area contributed by atoms with Crippen LogP contribution in [-0.2, 0) is 14.3 Å². The van der Waals surface area contributed by atoms with Crippen LogP contribution in [-0.4, -0.2) is 52.7 Å². The van der Waals surface area contributed by atoms with Crippen molar-refractivity contribution in [1.29, 1.82) is 0 Å². The Labute approximate surface area is 239 Å². The Morgan fingerprint density at radius 1 is 1.15 bits per heavy atom. The molecule has 1 aromatic heterocycles. The number of nitrogens with one attached hydrogen (secondary N) is 4. The van der Waals surface area contributed by atoms with Gasteiger partial charge in [0.25, 0.3) is 0 Å². The highest BCUT2D eigenvalue weighted by atomic mass is 79.9. The minimum atomic E-state index is -0.837. The molecule has 4 N–H and O–H groups in total. The molecule has 40 heavy (non-hydrogen) atoms. The maximum atomic E-state index is 14.4. The van der Waals surface area contributed by atoms with E-state index < -0.39 is 35.4 Å². The first-order valence-electron chi connectivity index (χ1n) is 12.2. The topological polar surface area (TPSA) is 144 Å². The van der Waals surface area contributed by atoms with Gasteiger partial charge in [-0.1, -0.05) is 22.5 Å². The van der Waals surface area contributed by atoms with Gasteiger partial charge in [-0.3, -0.25) is 9.59 Å². The van der Waals surface area contributed by atoms with Crippen molar-refractivity contribution in [3.8, 4) is 5.75 Å². The summed E-state index contributed by atoms with van der Waals surface area (Å²) in [5.74, 6) is -0.817. The monoisotopic (exact) mass is 616 g/mol. The van der Waals surface area contributed by atoms with Crippen molar-refractivity contribution in [3.05, 3.63) is 59.6 Å². The maximum absolute atomic E-state index is 14.4. The number of benzene rings is 2. The third kappa shape index (κ3) is 8.63. The Morgan fingerprint density at radius 3 is 2.58 bits per heavy atom. The predicted octanol–water partition coefficient (Wildman–Crippen LogP) is 4.81. The molecule has 0 aliphatic rings. The second-order valence-corrected chi connectivity index (χ2v) is 10.5. The highest BCUT2D eigenvalue weighted by molar-refractivity contribution is 9.10. The van der Waals surface area contributed by atoms with Crippen LogP contribution in [0, 0.1) is 5.82 Å². The van der Waals surface area contributed by atoms with E-state index in [9.17, 15) is 18.8 Å². The van der Waals surface area contributed by atoms with Gasteiger partial charge < -0.3 is 30.7 Å². The van der Waals surface area contributed by atoms with Gasteiger partial charge in [-0.15, -0.1) is 0 Å². The van der Waals surface area contributed by atoms with Gasteiger partial charge in [0, 0.05) is 15.9 Å². The molecular weight excluding hydrogens is 587 g/mol. The number of amides is 3. The molecule has 0 aliphatic carbocycles. The minimum absolute atomic E-state index is 0.0354. The van der Waals surface area contributed by atoms with E-state index in [1.165, 1.54) is 19.3 Å². The van der Waals surface area contributed by atoms with Crippen LogP contribution in [0.3, 0.4) is 0 Å². The van der Waals surface area contributed by atoms with Crippen LogP contribution in [0.4, 0.5) is 26.4 Å². The van der Waals surface area contributed by atoms with Gasteiger partial charge in [0.1, 0.15) is 42.0 Å². The fraction of sp³-hybridized carbons (Fsp3) is 0.296. The van der Waals surface area contributed by atoms with Crippen molar-refractivity contribution in [3.63, 3.8) is 0 Å². The summed E-state index contributed by atoms with van der Waals surface area (Å²) < 4.78 is 26.0. The SMILES string of the molecule is C=CC(=O)Nc1cc2c(Nc3ccc(Br)cc3F)ncnc2cc1OCCNC(=O)C(C)NC(=O)OC(C)(C)C. The molecule has 11 nitrogen and oxygen atoms in total. The molecule has 0 fully saturated rings. The van der Waals surface area contributed by atoms with Gasteiger partial charge in [-0.2, -0.15) is 0 Å². The van der Waals surface area contributed by atoms with E-state index in [1.54, 1.807) is 45.0 Å². The van der Waals surface area contributed by atoms with Crippen molar-refractivity contribution in [2.45, 2.75) is 39.3 Å². The van der Waals surface area contributed by atoms with Gasteiger partial charge in [-0.05, 0) is 58.0 Å². The van der Waals surface area contributed by atoms with Crippen LogP contribution < -0.4 is 26.0 Å². The number of ether oxygens (including phenoxy) is 2. The average Bonchev–Trinajstić information content (AvgIpc) is 2.87. The molecule has 0 radical (unpaired) electrons. The lowest BCUT2D eigenvalue weighted by molar-refractivity contribution is -0.122. The molecule has 2 aromatic carbocycles. The Morgan fingerprint density at radius 2 is 1.90 bits per heavy atom. The van der Waals surface area contributed by atoms with E-state index in [0.29, 0.717) is 21.2 Å². The molecule has 1 unspecified atom stereocenters. The zero-order valence-corrected chi connectivity index (χ0v) is 24.0. The molecule has 212 valence electrons. The first-order valence-corrected chi connectivity index (χ1v) is 13.0. The van der Waals surface area contributed by atoms with Gasteiger partial charge in [0.2, 0.25) is 11.8 Å². The number of aromatic nitrogens is 2. The number of rotatable bonds is 10. The first kappa shape index (κ1) is 30.3. The summed E-state index contributed by atoms with van der Waals surface area (Å²) in [5.41, 5.74) is 0.258. The molecular formula is C27H30BrFN6O5. The molecule has 3 aromatic rings. The number of carbonyl (C=O) groups is 3. The summed E-state index contributed by atoms with van der Waals surface area (Å²) in [5, 5.41) is 11.2. The fourth-order valence-corrected chi connectivity index (χ4v) is 3.67. The Kier molecular flexibility index (Phi) is 9.99. The predicted molar refractivity (Wildman–Crippen MR) is 153 cm³/mol. The van der Waals surface area contributed by atoms with Gasteiger partial charge >= 0.3 is 6.09 Å². The summed E-state index contributed by atoms with van der Waals surface area (Å²) in [6.07, 6.45) is 1.71. The molecule has 0 bridgehead atoms. The molecule has 3 amide bonds. The second kappa shape index (κ2) is 13.2. The molecule has 1 heterocycles. The van der Waals surface area contributed by atoms with Crippen LogP contribution in [0.25, 0.3) is 10.9 Å². The summed E-state index contributed by atoms with van der Waals surface area (Å²) in [6, 6.07) is 6.91. The largest absolute Gasteiger partial charge is 0.489 e. The van der Waals surface area contributed by atoms with Crippen LogP contribution >= 0.6 is 15.9 Å². The lowest BCUT2D eigenvalue weighted by Crippen LogP contribution is -2.47. The van der Waals surface area contributed by atoms with E-state index in [-0.39, 0.29) is 30.3 Å². The Bertz CT molecular complexity index is 1430. The summed E-state index contributed by atoms with van der Waals surface area (Å²) in [6.45, 7) is 10.3. The standard InChI is InChI=1S/C27H30BrFN6O5/c1-6-23(36)34-21-12-17-20(31-14-32-24(17)35-19-8-7-16(28)11-18(19)29)13-22(21)39-10-9-30-25(37)15(2)33-26(38)40-27(3,4)5/h6-8,11-15H,1,9-10H2,2-5H3,(H,30,37)(H,33,38)(H,34,36)(H,31,32,35). The van der Waals surface area contributed by atoms with Crippen LogP contribution in [0.15, 0.2) is 53.8 Å². The van der Waals surface area contributed by atoms with E-state index in [4.69, 9.17) is 9.47 Å². The second-order valence-electron chi connectivity index (χ2n) is 9.54. The normalized spacial score (nSPS) is 11.8. The molecule has 3 rings (SSSR count). The fourth-order valence-electron chi connectivity index (χ4n) is 3.34. The Hall–Kier alpha value is -4.26.